The van der Waals surface area contributed by atoms with Gasteiger partial charge in [0, 0.05) is 18.8 Å². The monoisotopic (exact) mass is 223 g/mol. The Morgan fingerprint density at radius 2 is 1.94 bits per heavy atom. The SMILES string of the molecule is Cc1ccccc1N1CCC(=C(C#N)C#N)C1. The first-order valence-electron chi connectivity index (χ1n) is 5.59. The van der Waals surface area contributed by atoms with E-state index in [0.717, 1.165) is 18.5 Å². The molecular formula is C14H13N3. The number of allylic oxidation sites excluding steroid dienone is 1. The summed E-state index contributed by atoms with van der Waals surface area (Å²) in [5.41, 5.74) is 3.65. The maximum atomic E-state index is 8.85. The fourth-order valence-electron chi connectivity index (χ4n) is 2.17. The topological polar surface area (TPSA) is 50.8 Å². The molecule has 1 heterocycles. The molecule has 84 valence electrons. The highest BCUT2D eigenvalue weighted by atomic mass is 15.1. The van der Waals surface area contributed by atoms with Crippen molar-refractivity contribution < 1.29 is 0 Å². The third-order valence-corrected chi connectivity index (χ3v) is 3.10. The van der Waals surface area contributed by atoms with Gasteiger partial charge in [0.1, 0.15) is 17.7 Å². The minimum atomic E-state index is 0.279. The third-order valence-electron chi connectivity index (χ3n) is 3.10. The molecular weight excluding hydrogens is 210 g/mol. The van der Waals surface area contributed by atoms with Gasteiger partial charge in [-0.25, -0.2) is 0 Å². The average Bonchev–Trinajstić information content (AvgIpc) is 2.81. The molecule has 3 heteroatoms. The van der Waals surface area contributed by atoms with Gasteiger partial charge in [-0.05, 0) is 30.5 Å². The van der Waals surface area contributed by atoms with Crippen molar-refractivity contribution in [3.05, 3.63) is 41.0 Å². The molecule has 17 heavy (non-hydrogen) atoms. The van der Waals surface area contributed by atoms with Crippen LogP contribution in [0.4, 0.5) is 5.69 Å². The van der Waals surface area contributed by atoms with Gasteiger partial charge >= 0.3 is 0 Å². The van der Waals surface area contributed by atoms with Crippen molar-refractivity contribution in [2.45, 2.75) is 13.3 Å². The molecule has 0 saturated carbocycles. The van der Waals surface area contributed by atoms with E-state index in [0.29, 0.717) is 6.54 Å². The van der Waals surface area contributed by atoms with Crippen LogP contribution in [0.5, 0.6) is 0 Å². The summed E-state index contributed by atoms with van der Waals surface area (Å²) in [5, 5.41) is 17.7. The first kappa shape index (κ1) is 11.2. The van der Waals surface area contributed by atoms with Gasteiger partial charge in [-0.3, -0.25) is 0 Å². The highest BCUT2D eigenvalue weighted by Crippen LogP contribution is 2.27. The predicted octanol–water partition coefficient (Wildman–Crippen LogP) is 2.55. The zero-order valence-corrected chi connectivity index (χ0v) is 9.77. The molecule has 0 atom stereocenters. The number of aryl methyl sites for hydroxylation is 1. The van der Waals surface area contributed by atoms with Crippen LogP contribution >= 0.6 is 0 Å². The van der Waals surface area contributed by atoms with Gasteiger partial charge in [-0.1, -0.05) is 18.2 Å². The molecule has 0 radical (unpaired) electrons. The molecule has 1 aromatic carbocycles. The van der Waals surface area contributed by atoms with Crippen LogP contribution in [0.3, 0.4) is 0 Å². The normalized spacial score (nSPS) is 14.3. The molecule has 0 aliphatic carbocycles. The van der Waals surface area contributed by atoms with Crippen LogP contribution in [0, 0.1) is 29.6 Å². The molecule has 0 N–H and O–H groups in total. The molecule has 1 fully saturated rings. The van der Waals surface area contributed by atoms with E-state index in [9.17, 15) is 0 Å². The van der Waals surface area contributed by atoms with Gasteiger partial charge in [0.25, 0.3) is 0 Å². The van der Waals surface area contributed by atoms with Gasteiger partial charge in [-0.15, -0.1) is 0 Å². The molecule has 0 amide bonds. The van der Waals surface area contributed by atoms with Crippen LogP contribution in [0.15, 0.2) is 35.4 Å². The number of nitrogens with zero attached hydrogens (tertiary/aromatic N) is 3. The van der Waals surface area contributed by atoms with Crippen LogP contribution in [-0.4, -0.2) is 13.1 Å². The number of hydrogen-bond donors (Lipinski definition) is 0. The molecule has 0 spiro atoms. The van der Waals surface area contributed by atoms with Crippen LogP contribution < -0.4 is 4.90 Å². The summed E-state index contributed by atoms with van der Waals surface area (Å²) in [5.74, 6) is 0. The van der Waals surface area contributed by atoms with Crippen LogP contribution in [0.2, 0.25) is 0 Å². The van der Waals surface area contributed by atoms with E-state index in [4.69, 9.17) is 10.5 Å². The van der Waals surface area contributed by atoms with E-state index in [1.165, 1.54) is 11.3 Å². The van der Waals surface area contributed by atoms with Crippen molar-refractivity contribution in [2.24, 2.45) is 0 Å². The van der Waals surface area contributed by atoms with Crippen molar-refractivity contribution in [2.75, 3.05) is 18.0 Å². The first-order chi connectivity index (χ1) is 8.26. The fourth-order valence-corrected chi connectivity index (χ4v) is 2.17. The molecule has 1 aliphatic heterocycles. The molecule has 0 bridgehead atoms. The average molecular weight is 223 g/mol. The first-order valence-corrected chi connectivity index (χ1v) is 5.59. The molecule has 1 aliphatic rings. The Morgan fingerprint density at radius 3 is 2.59 bits per heavy atom. The van der Waals surface area contributed by atoms with Crippen LogP contribution in [0.1, 0.15) is 12.0 Å². The van der Waals surface area contributed by atoms with E-state index < -0.39 is 0 Å². The van der Waals surface area contributed by atoms with E-state index >= 15 is 0 Å². The standard InChI is InChI=1S/C14H13N3/c1-11-4-2-3-5-14(11)17-7-6-12(10-17)13(8-15)9-16/h2-5H,6-7,10H2,1H3. The Bertz CT molecular complexity index is 527. The zero-order valence-electron chi connectivity index (χ0n) is 9.77. The Balaban J connectivity index is 2.26. The lowest BCUT2D eigenvalue weighted by molar-refractivity contribution is 0.961. The van der Waals surface area contributed by atoms with Crippen molar-refractivity contribution in [1.29, 1.82) is 10.5 Å². The predicted molar refractivity (Wildman–Crippen MR) is 66.3 cm³/mol. The third kappa shape index (κ3) is 2.14. The number of nitriles is 2. The highest BCUT2D eigenvalue weighted by molar-refractivity contribution is 5.57. The largest absolute Gasteiger partial charge is 0.367 e. The van der Waals surface area contributed by atoms with Crippen molar-refractivity contribution in [3.8, 4) is 12.1 Å². The van der Waals surface area contributed by atoms with Crippen molar-refractivity contribution >= 4 is 5.69 Å². The number of rotatable bonds is 1. The summed E-state index contributed by atoms with van der Waals surface area (Å²) in [4.78, 5) is 2.22. The summed E-state index contributed by atoms with van der Waals surface area (Å²) >= 11 is 0. The summed E-state index contributed by atoms with van der Waals surface area (Å²) in [6.07, 6.45) is 0.810. The van der Waals surface area contributed by atoms with E-state index in [2.05, 4.69) is 24.0 Å². The second kappa shape index (κ2) is 4.72. The van der Waals surface area contributed by atoms with Gasteiger partial charge < -0.3 is 4.90 Å². The Kier molecular flexibility index (Phi) is 3.12. The summed E-state index contributed by atoms with van der Waals surface area (Å²) < 4.78 is 0. The number of para-hydroxylation sites is 1. The molecule has 0 unspecified atom stereocenters. The Labute approximate surface area is 101 Å². The Hall–Kier alpha value is -2.26. The second-order valence-electron chi connectivity index (χ2n) is 4.16. The fraction of sp³-hybridized carbons (Fsp3) is 0.286. The minimum absolute atomic E-state index is 0.279. The van der Waals surface area contributed by atoms with E-state index in [1.54, 1.807) is 0 Å². The lowest BCUT2D eigenvalue weighted by atomic mass is 10.1. The number of hydrogen-bond acceptors (Lipinski definition) is 3. The van der Waals surface area contributed by atoms with E-state index in [1.807, 2.05) is 24.3 Å². The molecule has 3 nitrogen and oxygen atoms in total. The molecule has 1 saturated heterocycles. The summed E-state index contributed by atoms with van der Waals surface area (Å²) in [6.45, 7) is 3.65. The summed E-state index contributed by atoms with van der Waals surface area (Å²) in [6, 6.07) is 12.1. The quantitative estimate of drug-likeness (QED) is 0.687. The zero-order chi connectivity index (χ0) is 12.3. The smallest absolute Gasteiger partial charge is 0.130 e. The van der Waals surface area contributed by atoms with Gasteiger partial charge in [-0.2, -0.15) is 10.5 Å². The molecule has 0 aromatic heterocycles. The number of anilines is 1. The lowest BCUT2D eigenvalue weighted by Crippen LogP contribution is -2.18. The maximum absolute atomic E-state index is 8.85. The van der Waals surface area contributed by atoms with Gasteiger partial charge in [0.15, 0.2) is 0 Å². The van der Waals surface area contributed by atoms with Gasteiger partial charge in [0.05, 0.1) is 0 Å². The summed E-state index contributed by atoms with van der Waals surface area (Å²) in [7, 11) is 0. The van der Waals surface area contributed by atoms with Crippen molar-refractivity contribution in [3.63, 3.8) is 0 Å². The Morgan fingerprint density at radius 1 is 1.24 bits per heavy atom. The van der Waals surface area contributed by atoms with Crippen molar-refractivity contribution in [1.82, 2.24) is 0 Å². The maximum Gasteiger partial charge on any atom is 0.130 e. The molecule has 2 rings (SSSR count). The number of benzene rings is 1. The molecule has 1 aromatic rings. The lowest BCUT2D eigenvalue weighted by Gasteiger charge is -2.19. The van der Waals surface area contributed by atoms with E-state index in [-0.39, 0.29) is 5.57 Å². The van der Waals surface area contributed by atoms with Crippen LogP contribution in [0.25, 0.3) is 0 Å². The van der Waals surface area contributed by atoms with Gasteiger partial charge in [0.2, 0.25) is 0 Å². The van der Waals surface area contributed by atoms with Crippen LogP contribution in [-0.2, 0) is 0 Å². The minimum Gasteiger partial charge on any atom is -0.367 e. The second-order valence-corrected chi connectivity index (χ2v) is 4.16. The highest BCUT2D eigenvalue weighted by Gasteiger charge is 2.21.